The topological polar surface area (TPSA) is 73.7 Å². The van der Waals surface area contributed by atoms with Gasteiger partial charge < -0.3 is 14.4 Å². The van der Waals surface area contributed by atoms with Crippen molar-refractivity contribution in [2.45, 2.75) is 13.5 Å². The van der Waals surface area contributed by atoms with Gasteiger partial charge in [0.15, 0.2) is 0 Å². The molecule has 0 atom stereocenters. The van der Waals surface area contributed by atoms with Crippen LogP contribution in [0.1, 0.15) is 22.8 Å². The second kappa shape index (κ2) is 9.45. The third kappa shape index (κ3) is 4.46. The first kappa shape index (κ1) is 21.4. The molecule has 0 aliphatic rings. The van der Waals surface area contributed by atoms with Crippen molar-refractivity contribution < 1.29 is 14.3 Å². The van der Waals surface area contributed by atoms with E-state index in [1.165, 1.54) is 13.3 Å². The van der Waals surface area contributed by atoms with E-state index in [-0.39, 0.29) is 10.6 Å². The molecule has 0 spiro atoms. The van der Waals surface area contributed by atoms with Crippen LogP contribution in [0.25, 0.3) is 5.69 Å². The maximum Gasteiger partial charge on any atom is 0.340 e. The highest BCUT2D eigenvalue weighted by Gasteiger charge is 2.18. The number of hydrogen-bond donors (Lipinski definition) is 0. The quantitative estimate of drug-likeness (QED) is 0.535. The molecule has 30 heavy (non-hydrogen) atoms. The predicted octanol–water partition coefficient (Wildman–Crippen LogP) is 3.71. The molecule has 0 N–H and O–H groups in total. The molecule has 1 aromatic heterocycles. The lowest BCUT2D eigenvalue weighted by atomic mass is 10.2. The van der Waals surface area contributed by atoms with Gasteiger partial charge >= 0.3 is 5.97 Å². The van der Waals surface area contributed by atoms with E-state index in [1.54, 1.807) is 24.3 Å². The van der Waals surface area contributed by atoms with E-state index in [0.717, 1.165) is 16.0 Å². The number of para-hydroxylation sites is 1. The lowest BCUT2D eigenvalue weighted by Crippen LogP contribution is -2.27. The highest BCUT2D eigenvalue weighted by Crippen LogP contribution is 2.24. The Kier molecular flexibility index (Phi) is 6.74. The summed E-state index contributed by atoms with van der Waals surface area (Å²) in [5, 5.41) is 4.25. The van der Waals surface area contributed by atoms with Gasteiger partial charge in [0.1, 0.15) is 10.8 Å². The number of carbonyl (C=O) groups excluding carboxylic acids is 1. The van der Waals surface area contributed by atoms with Crippen molar-refractivity contribution in [3.05, 3.63) is 81.2 Å². The van der Waals surface area contributed by atoms with Crippen LogP contribution in [0, 0.1) is 0 Å². The average Bonchev–Trinajstić information content (AvgIpc) is 2.76. The zero-order valence-corrected chi connectivity index (χ0v) is 17.7. The molecule has 7 nitrogen and oxygen atoms in total. The number of carbonyl (C=O) groups is 1. The molecule has 0 bridgehead atoms. The first-order valence-electron chi connectivity index (χ1n) is 9.34. The summed E-state index contributed by atoms with van der Waals surface area (Å²) in [7, 11) is 3.10. The minimum absolute atomic E-state index is 0.0121. The minimum atomic E-state index is -0.563. The van der Waals surface area contributed by atoms with Crippen LogP contribution < -0.4 is 15.2 Å². The number of esters is 1. The summed E-state index contributed by atoms with van der Waals surface area (Å²) in [6.45, 7) is 3.06. The van der Waals surface area contributed by atoms with Crippen molar-refractivity contribution in [2.75, 3.05) is 25.7 Å². The molecule has 1 heterocycles. The number of halogens is 1. The first-order chi connectivity index (χ1) is 14.5. The number of methoxy groups -OCH3 is 1. The summed E-state index contributed by atoms with van der Waals surface area (Å²) in [6, 6.07) is 14.3. The van der Waals surface area contributed by atoms with Gasteiger partial charge in [0.25, 0.3) is 5.56 Å². The Labute approximate surface area is 179 Å². The number of benzene rings is 2. The number of aromatic nitrogens is 2. The third-order valence-corrected chi connectivity index (χ3v) is 4.86. The second-order valence-electron chi connectivity index (χ2n) is 6.50. The highest BCUT2D eigenvalue weighted by atomic mass is 35.5. The molecular weight excluding hydrogens is 406 g/mol. The smallest absolute Gasteiger partial charge is 0.340 e. The molecule has 8 heteroatoms. The van der Waals surface area contributed by atoms with Crippen molar-refractivity contribution in [3.8, 4) is 11.4 Å². The summed E-state index contributed by atoms with van der Waals surface area (Å²) in [4.78, 5) is 26.8. The summed E-state index contributed by atoms with van der Waals surface area (Å²) in [5.41, 5.74) is 1.52. The molecular formula is C22H22ClN3O4. The molecule has 0 aliphatic heterocycles. The Morgan fingerprint density at radius 3 is 2.53 bits per heavy atom. The maximum absolute atomic E-state index is 12.9. The fraction of sp³-hybridized carbons (Fsp3) is 0.227. The molecule has 2 aromatic carbocycles. The van der Waals surface area contributed by atoms with Crippen LogP contribution in [0.4, 0.5) is 5.69 Å². The van der Waals surface area contributed by atoms with Crippen LogP contribution in [-0.2, 0) is 11.3 Å². The van der Waals surface area contributed by atoms with Crippen LogP contribution >= 0.6 is 11.6 Å². The Bertz CT molecular complexity index is 1100. The van der Waals surface area contributed by atoms with Crippen LogP contribution in [-0.4, -0.2) is 36.5 Å². The molecule has 156 valence electrons. The SMILES string of the molecule is CCOc1ccc(CN(C)c2cnn(-c3ccccc3C(=O)OC)c(=O)c2Cl)cc1. The second-order valence-corrected chi connectivity index (χ2v) is 6.88. The van der Waals surface area contributed by atoms with E-state index in [2.05, 4.69) is 5.10 Å². The number of anilines is 1. The van der Waals surface area contributed by atoms with E-state index in [9.17, 15) is 9.59 Å². The van der Waals surface area contributed by atoms with Gasteiger partial charge in [-0.3, -0.25) is 4.79 Å². The van der Waals surface area contributed by atoms with Crippen LogP contribution in [0.15, 0.2) is 59.5 Å². The average molecular weight is 428 g/mol. The monoisotopic (exact) mass is 427 g/mol. The molecule has 0 unspecified atom stereocenters. The number of hydrogen-bond acceptors (Lipinski definition) is 6. The highest BCUT2D eigenvalue weighted by molar-refractivity contribution is 6.33. The van der Waals surface area contributed by atoms with Gasteiger partial charge in [0.05, 0.1) is 36.9 Å². The van der Waals surface area contributed by atoms with Crippen molar-refractivity contribution in [3.63, 3.8) is 0 Å². The van der Waals surface area contributed by atoms with Crippen molar-refractivity contribution in [1.29, 1.82) is 0 Å². The molecule has 3 rings (SSSR count). The van der Waals surface area contributed by atoms with Crippen LogP contribution in [0.2, 0.25) is 5.02 Å². The van der Waals surface area contributed by atoms with Gasteiger partial charge in [-0.25, -0.2) is 4.79 Å². The summed E-state index contributed by atoms with van der Waals surface area (Å²) in [6.07, 6.45) is 1.51. The zero-order valence-electron chi connectivity index (χ0n) is 17.0. The fourth-order valence-electron chi connectivity index (χ4n) is 3.02. The standard InChI is InChI=1S/C22H22ClN3O4/c1-4-30-16-11-9-15(10-12-16)14-25(2)19-13-24-26(21(27)20(19)23)18-8-6-5-7-17(18)22(28)29-3/h5-13H,4,14H2,1-3H3. The molecule has 0 aliphatic carbocycles. The van der Waals surface area contributed by atoms with Crippen LogP contribution in [0.3, 0.4) is 0 Å². The largest absolute Gasteiger partial charge is 0.494 e. The molecule has 0 amide bonds. The summed E-state index contributed by atoms with van der Waals surface area (Å²) < 4.78 is 11.3. The van der Waals surface area contributed by atoms with Crippen molar-refractivity contribution in [1.82, 2.24) is 9.78 Å². The summed E-state index contributed by atoms with van der Waals surface area (Å²) in [5.74, 6) is 0.239. The van der Waals surface area contributed by atoms with Gasteiger partial charge in [0.2, 0.25) is 0 Å². The lowest BCUT2D eigenvalue weighted by Gasteiger charge is -2.21. The Morgan fingerprint density at radius 1 is 1.17 bits per heavy atom. The Balaban J connectivity index is 1.90. The maximum atomic E-state index is 12.9. The number of rotatable bonds is 7. The third-order valence-electron chi connectivity index (χ3n) is 4.50. The van der Waals surface area contributed by atoms with Crippen molar-refractivity contribution in [2.24, 2.45) is 0 Å². The zero-order chi connectivity index (χ0) is 21.7. The van der Waals surface area contributed by atoms with Gasteiger partial charge in [-0.05, 0) is 36.8 Å². The van der Waals surface area contributed by atoms with E-state index in [0.29, 0.717) is 24.5 Å². The van der Waals surface area contributed by atoms with Gasteiger partial charge in [-0.2, -0.15) is 9.78 Å². The van der Waals surface area contributed by atoms with Crippen molar-refractivity contribution >= 4 is 23.3 Å². The number of ether oxygens (including phenoxy) is 2. The molecule has 0 fully saturated rings. The van der Waals surface area contributed by atoms with E-state index in [1.807, 2.05) is 43.1 Å². The first-order valence-corrected chi connectivity index (χ1v) is 9.72. The van der Waals surface area contributed by atoms with Gasteiger partial charge in [0, 0.05) is 13.6 Å². The van der Waals surface area contributed by atoms with Gasteiger partial charge in [-0.1, -0.05) is 35.9 Å². The normalized spacial score (nSPS) is 10.5. The number of nitrogens with zero attached hydrogens (tertiary/aromatic N) is 3. The Morgan fingerprint density at radius 2 is 1.87 bits per heavy atom. The van der Waals surface area contributed by atoms with E-state index < -0.39 is 11.5 Å². The predicted molar refractivity (Wildman–Crippen MR) is 116 cm³/mol. The molecule has 0 radical (unpaired) electrons. The Hall–Kier alpha value is -3.32. The molecule has 3 aromatic rings. The van der Waals surface area contributed by atoms with E-state index >= 15 is 0 Å². The molecule has 0 saturated carbocycles. The van der Waals surface area contributed by atoms with Crippen LogP contribution in [0.5, 0.6) is 5.75 Å². The minimum Gasteiger partial charge on any atom is -0.494 e. The summed E-state index contributed by atoms with van der Waals surface area (Å²) >= 11 is 6.39. The molecule has 0 saturated heterocycles. The fourth-order valence-corrected chi connectivity index (χ4v) is 3.29. The van der Waals surface area contributed by atoms with Gasteiger partial charge in [-0.15, -0.1) is 0 Å². The lowest BCUT2D eigenvalue weighted by molar-refractivity contribution is 0.0600. The van der Waals surface area contributed by atoms with E-state index in [4.69, 9.17) is 21.1 Å².